The van der Waals surface area contributed by atoms with E-state index in [4.69, 9.17) is 11.6 Å². The van der Waals surface area contributed by atoms with Crippen molar-refractivity contribution in [1.29, 1.82) is 0 Å². The maximum absolute atomic E-state index is 13.8. The number of amides is 1. The van der Waals surface area contributed by atoms with Gasteiger partial charge in [-0.15, -0.1) is 0 Å². The number of nitrogens with one attached hydrogen (secondary N) is 1. The topological polar surface area (TPSA) is 64.7 Å². The first-order valence-corrected chi connectivity index (χ1v) is 9.43. The van der Waals surface area contributed by atoms with E-state index in [2.05, 4.69) is 31.4 Å². The molecule has 0 aliphatic heterocycles. The first-order valence-electron chi connectivity index (χ1n) is 8.26. The number of benzene rings is 1. The maximum atomic E-state index is 13.8. The number of halogens is 3. The highest BCUT2D eigenvalue weighted by atomic mass is 79.9. The number of rotatable bonds is 5. The third kappa shape index (κ3) is 4.06. The summed E-state index contributed by atoms with van der Waals surface area (Å²) in [4.78, 5) is 12.6. The lowest BCUT2D eigenvalue weighted by Gasteiger charge is -2.13. The second kappa shape index (κ2) is 7.82. The van der Waals surface area contributed by atoms with E-state index in [1.54, 1.807) is 47.6 Å². The van der Waals surface area contributed by atoms with Gasteiger partial charge in [0.2, 0.25) is 5.91 Å². The van der Waals surface area contributed by atoms with Crippen LogP contribution in [0.25, 0.3) is 0 Å². The van der Waals surface area contributed by atoms with Crippen molar-refractivity contribution in [1.82, 2.24) is 19.6 Å². The molecule has 1 unspecified atom stereocenters. The van der Waals surface area contributed by atoms with Gasteiger partial charge < -0.3 is 5.32 Å². The Hall–Kier alpha value is -2.19. The molecule has 2 aromatic heterocycles. The van der Waals surface area contributed by atoms with Crippen molar-refractivity contribution in [3.05, 3.63) is 62.7 Å². The number of nitrogens with zero attached hydrogens (tertiary/aromatic N) is 4. The molecule has 6 nitrogen and oxygen atoms in total. The van der Waals surface area contributed by atoms with Gasteiger partial charge in [-0.2, -0.15) is 10.2 Å². The summed E-state index contributed by atoms with van der Waals surface area (Å²) in [5, 5.41) is 11.9. The molecule has 0 saturated carbocycles. The second-order valence-corrected chi connectivity index (χ2v) is 7.44. The van der Waals surface area contributed by atoms with Gasteiger partial charge in [-0.1, -0.05) is 29.8 Å². The normalized spacial score (nSPS) is 12.2. The van der Waals surface area contributed by atoms with Crippen LogP contribution in [-0.2, 0) is 11.3 Å². The molecule has 1 atom stereocenters. The lowest BCUT2D eigenvalue weighted by Crippen LogP contribution is -2.25. The second-order valence-electron chi connectivity index (χ2n) is 6.21. The first kappa shape index (κ1) is 19.6. The molecule has 0 fully saturated rings. The third-order valence-electron chi connectivity index (χ3n) is 4.23. The molecule has 3 aromatic rings. The average Bonchev–Trinajstić information content (AvgIpc) is 3.10. The Morgan fingerprint density at radius 1 is 1.33 bits per heavy atom. The molecule has 1 N–H and O–H groups in total. The molecule has 9 heteroatoms. The van der Waals surface area contributed by atoms with Crippen molar-refractivity contribution >= 4 is 39.3 Å². The molecule has 2 heterocycles. The number of aromatic nitrogens is 4. The van der Waals surface area contributed by atoms with Gasteiger partial charge in [0.25, 0.3) is 0 Å². The number of carbonyl (C=O) groups is 1. The van der Waals surface area contributed by atoms with Gasteiger partial charge >= 0.3 is 0 Å². The lowest BCUT2D eigenvalue weighted by atomic mass is 10.2. The largest absolute Gasteiger partial charge is 0.306 e. The molecular formula is C18H18BrClFN5O. The molecule has 3 rings (SSSR count). The van der Waals surface area contributed by atoms with Crippen LogP contribution in [0.15, 0.2) is 34.9 Å². The minimum absolute atomic E-state index is 0.254. The third-order valence-corrected chi connectivity index (χ3v) is 5.36. The van der Waals surface area contributed by atoms with Crippen molar-refractivity contribution in [3.8, 4) is 0 Å². The molecule has 0 radical (unpaired) electrons. The SMILES string of the molecule is Cc1nn(C(C)C(=O)Nc2nn(Cc3ccccc3F)cc2Br)c(C)c1Cl. The lowest BCUT2D eigenvalue weighted by molar-refractivity contribution is -0.119. The predicted molar refractivity (Wildman–Crippen MR) is 105 cm³/mol. The van der Waals surface area contributed by atoms with Crippen LogP contribution in [0.1, 0.15) is 29.9 Å². The molecule has 0 bridgehead atoms. The molecule has 0 aliphatic rings. The van der Waals surface area contributed by atoms with Crippen LogP contribution in [0.2, 0.25) is 5.02 Å². The van der Waals surface area contributed by atoms with E-state index in [1.807, 2.05) is 6.92 Å². The van der Waals surface area contributed by atoms with Crippen LogP contribution in [-0.4, -0.2) is 25.5 Å². The summed E-state index contributed by atoms with van der Waals surface area (Å²) in [5.74, 6) is -0.227. The van der Waals surface area contributed by atoms with Crippen LogP contribution >= 0.6 is 27.5 Å². The van der Waals surface area contributed by atoms with Crippen molar-refractivity contribution in [2.45, 2.75) is 33.4 Å². The summed E-state index contributed by atoms with van der Waals surface area (Å²) in [6.45, 7) is 5.59. The Kier molecular flexibility index (Phi) is 5.67. The molecule has 1 aromatic carbocycles. The zero-order chi connectivity index (χ0) is 19.7. The fourth-order valence-corrected chi connectivity index (χ4v) is 3.26. The van der Waals surface area contributed by atoms with Crippen molar-refractivity contribution in [2.75, 3.05) is 5.32 Å². The Morgan fingerprint density at radius 2 is 2.04 bits per heavy atom. The summed E-state index contributed by atoms with van der Waals surface area (Å²) < 4.78 is 17.6. The van der Waals surface area contributed by atoms with Crippen LogP contribution in [0, 0.1) is 19.7 Å². The average molecular weight is 455 g/mol. The van der Waals surface area contributed by atoms with E-state index in [0.717, 1.165) is 5.69 Å². The van der Waals surface area contributed by atoms with Crippen molar-refractivity contribution in [3.63, 3.8) is 0 Å². The van der Waals surface area contributed by atoms with E-state index in [-0.39, 0.29) is 18.3 Å². The van der Waals surface area contributed by atoms with Gasteiger partial charge in [0.15, 0.2) is 5.82 Å². The molecule has 142 valence electrons. The number of hydrogen-bond acceptors (Lipinski definition) is 3. The minimum atomic E-state index is -0.570. The number of hydrogen-bond donors (Lipinski definition) is 1. The van der Waals surface area contributed by atoms with Gasteiger partial charge in [-0.05, 0) is 42.8 Å². The monoisotopic (exact) mass is 453 g/mol. The number of carbonyl (C=O) groups excluding carboxylic acids is 1. The van der Waals surface area contributed by atoms with Gasteiger partial charge in [0, 0.05) is 11.8 Å². The zero-order valence-corrected chi connectivity index (χ0v) is 17.3. The molecule has 0 saturated heterocycles. The molecular weight excluding hydrogens is 437 g/mol. The molecule has 0 aliphatic carbocycles. The number of anilines is 1. The van der Waals surface area contributed by atoms with Crippen LogP contribution in [0.4, 0.5) is 10.2 Å². The Morgan fingerprint density at radius 3 is 2.67 bits per heavy atom. The summed E-state index contributed by atoms with van der Waals surface area (Å²) in [6.07, 6.45) is 1.69. The van der Waals surface area contributed by atoms with E-state index >= 15 is 0 Å². The number of aryl methyl sites for hydroxylation is 1. The Balaban J connectivity index is 1.75. The zero-order valence-electron chi connectivity index (χ0n) is 15.0. The summed E-state index contributed by atoms with van der Waals surface area (Å²) >= 11 is 9.53. The highest BCUT2D eigenvalue weighted by Crippen LogP contribution is 2.25. The van der Waals surface area contributed by atoms with Gasteiger partial charge in [0.05, 0.1) is 27.4 Å². The summed E-state index contributed by atoms with van der Waals surface area (Å²) in [5.41, 5.74) is 1.90. The minimum Gasteiger partial charge on any atom is -0.306 e. The van der Waals surface area contributed by atoms with E-state index in [0.29, 0.717) is 26.6 Å². The molecule has 27 heavy (non-hydrogen) atoms. The van der Waals surface area contributed by atoms with E-state index < -0.39 is 6.04 Å². The van der Waals surface area contributed by atoms with E-state index in [9.17, 15) is 9.18 Å². The van der Waals surface area contributed by atoms with Gasteiger partial charge in [-0.25, -0.2) is 4.39 Å². The highest BCUT2D eigenvalue weighted by molar-refractivity contribution is 9.10. The quantitative estimate of drug-likeness (QED) is 0.617. The van der Waals surface area contributed by atoms with Crippen LogP contribution < -0.4 is 5.32 Å². The van der Waals surface area contributed by atoms with Crippen LogP contribution in [0.5, 0.6) is 0 Å². The molecule has 0 spiro atoms. The molecule has 1 amide bonds. The van der Waals surface area contributed by atoms with Gasteiger partial charge in [0.1, 0.15) is 11.9 Å². The van der Waals surface area contributed by atoms with Crippen molar-refractivity contribution in [2.24, 2.45) is 0 Å². The standard InChI is InChI=1S/C18H18BrClFN5O/c1-10-16(20)11(2)26(23-10)12(3)18(27)22-17-14(19)9-25(24-17)8-13-6-4-5-7-15(13)21/h4-7,9,12H,8H2,1-3H3,(H,22,24,27). The fourth-order valence-electron chi connectivity index (χ4n) is 2.72. The van der Waals surface area contributed by atoms with Gasteiger partial charge in [-0.3, -0.25) is 14.2 Å². The maximum Gasteiger partial charge on any atom is 0.250 e. The summed E-state index contributed by atoms with van der Waals surface area (Å²) in [7, 11) is 0. The fraction of sp³-hybridized carbons (Fsp3) is 0.278. The Bertz CT molecular complexity index is 1000. The predicted octanol–water partition coefficient (Wildman–Crippen LogP) is 4.50. The first-order chi connectivity index (χ1) is 12.8. The van der Waals surface area contributed by atoms with E-state index in [1.165, 1.54) is 6.07 Å². The van der Waals surface area contributed by atoms with Crippen molar-refractivity contribution < 1.29 is 9.18 Å². The smallest absolute Gasteiger partial charge is 0.250 e. The summed E-state index contributed by atoms with van der Waals surface area (Å²) in [6, 6.07) is 5.92. The highest BCUT2D eigenvalue weighted by Gasteiger charge is 2.22. The Labute approximate surface area is 169 Å². The van der Waals surface area contributed by atoms with Crippen LogP contribution in [0.3, 0.4) is 0 Å².